The molecule has 16 nitrogen and oxygen atoms in total. The molecule has 19 heteroatoms. The summed E-state index contributed by atoms with van der Waals surface area (Å²) in [5.74, 6) is -0.0453. The number of aliphatic hydroxyl groups is 1. The highest BCUT2D eigenvalue weighted by molar-refractivity contribution is 7.15. The number of ether oxygens (including phenoxy) is 1. The number of β-amino-alcohol motifs (C(OH)–C–C–N with tert-alkyl or cyclic N) is 1. The molecule has 0 spiro atoms. The molecule has 4 amide bonds. The minimum atomic E-state index is -1.01. The van der Waals surface area contributed by atoms with Crippen molar-refractivity contribution >= 4 is 74.6 Å². The molecule has 2 fully saturated rings. The van der Waals surface area contributed by atoms with Gasteiger partial charge in [0.2, 0.25) is 17.7 Å². The molecular weight excluding hydrogens is 986 g/mol. The topological polar surface area (TPSA) is 206 Å². The van der Waals surface area contributed by atoms with Gasteiger partial charge in [-0.05, 0) is 93.6 Å². The van der Waals surface area contributed by atoms with Gasteiger partial charge in [0, 0.05) is 58.3 Å². The van der Waals surface area contributed by atoms with Gasteiger partial charge in [-0.25, -0.2) is 4.98 Å². The van der Waals surface area contributed by atoms with Crippen molar-refractivity contribution in [3.63, 3.8) is 0 Å². The van der Waals surface area contributed by atoms with Crippen molar-refractivity contribution in [1.82, 2.24) is 40.6 Å². The summed E-state index contributed by atoms with van der Waals surface area (Å²) in [6.45, 7) is 13.5. The second kappa shape index (κ2) is 20.3. The van der Waals surface area contributed by atoms with Crippen LogP contribution in [0.5, 0.6) is 5.75 Å². The standard InChI is InChI=1S/C54H56ClN9O7S2/c1-26(2)47(53(69)63-24-38(65)22-42(63)51(67)57-28(4)32-8-10-34(11-9-32)49-29(5)56-25-72-49)60-52(68)44-19-35-18-39(16-17-43(35)71-44)70-40-20-37(21-40)58-45(66)23-41-50-62-61-31(7)64(50)54-46(27(3)30(6)73-54)48(59-41)33-12-14-36(55)15-13-33/h8-19,25-26,28,37-38,40-42,47,65H,20-24H2,1-7H3,(H,57,67)(H,58,66)(H,60,68)/t28-,37?,38+,40?,41-,42-,47-/m0/s1. The number of hydrogen-bond acceptors (Lipinski definition) is 13. The van der Waals surface area contributed by atoms with Crippen molar-refractivity contribution in [2.24, 2.45) is 10.9 Å². The van der Waals surface area contributed by atoms with E-state index in [2.05, 4.69) is 45.0 Å². The van der Waals surface area contributed by atoms with Crippen LogP contribution in [0, 0.1) is 33.6 Å². The summed E-state index contributed by atoms with van der Waals surface area (Å²) in [6, 6.07) is 19.4. The van der Waals surface area contributed by atoms with Crippen LogP contribution in [0.3, 0.4) is 0 Å². The molecule has 73 heavy (non-hydrogen) atoms. The minimum Gasteiger partial charge on any atom is -0.490 e. The fourth-order valence-corrected chi connectivity index (χ4v) is 12.0. The Morgan fingerprint density at radius 3 is 2.37 bits per heavy atom. The molecule has 2 aliphatic heterocycles. The van der Waals surface area contributed by atoms with Crippen molar-refractivity contribution in [2.75, 3.05) is 6.54 Å². The largest absolute Gasteiger partial charge is 0.490 e. The quantitative estimate of drug-likeness (QED) is 0.0815. The van der Waals surface area contributed by atoms with Crippen LogP contribution in [-0.2, 0) is 14.4 Å². The van der Waals surface area contributed by atoms with Crippen LogP contribution >= 0.6 is 34.3 Å². The van der Waals surface area contributed by atoms with Gasteiger partial charge in [0.15, 0.2) is 11.6 Å². The van der Waals surface area contributed by atoms with E-state index in [9.17, 15) is 24.3 Å². The van der Waals surface area contributed by atoms with Gasteiger partial charge >= 0.3 is 0 Å². The molecule has 4 N–H and O–H groups in total. The van der Waals surface area contributed by atoms with Crippen LogP contribution in [0.15, 0.2) is 87.7 Å². The number of halogens is 1. The fraction of sp³-hybridized carbons (Fsp3) is 0.370. The summed E-state index contributed by atoms with van der Waals surface area (Å²) in [5.41, 5.74) is 8.95. The molecule has 3 aromatic carbocycles. The SMILES string of the molecule is Cc1ncsc1-c1ccc([C@H](C)NC(=O)[C@@H]2C[C@@H](O)CN2C(=O)[C@@H](NC(=O)c2cc3cc(OC4CC(NC(=O)C[C@@H]5N=C(c6ccc(Cl)cc6)c6c(sc(C)c6C)-n6c(C)nnc65)C4)ccc3o2)C(C)C)cc1. The molecule has 0 radical (unpaired) electrons. The molecule has 1 saturated carbocycles. The van der Waals surface area contributed by atoms with Crippen molar-refractivity contribution < 1.29 is 33.4 Å². The summed E-state index contributed by atoms with van der Waals surface area (Å²) in [4.78, 5) is 68.6. The summed E-state index contributed by atoms with van der Waals surface area (Å²) in [7, 11) is 0. The second-order valence-electron chi connectivity index (χ2n) is 19.6. The number of aliphatic imine (C=N–C) groups is 1. The number of aliphatic hydroxyl groups excluding tert-OH is 1. The van der Waals surface area contributed by atoms with Crippen LogP contribution in [-0.4, -0.2) is 96.0 Å². The van der Waals surface area contributed by atoms with E-state index in [0.717, 1.165) is 59.8 Å². The van der Waals surface area contributed by atoms with E-state index in [4.69, 9.17) is 25.7 Å². The Morgan fingerprint density at radius 2 is 1.66 bits per heavy atom. The Kier molecular flexibility index (Phi) is 13.9. The molecule has 0 unspecified atom stereocenters. The number of nitrogens with one attached hydrogen (secondary N) is 3. The van der Waals surface area contributed by atoms with Crippen LogP contribution in [0.2, 0.25) is 5.02 Å². The van der Waals surface area contributed by atoms with E-state index < -0.39 is 36.0 Å². The lowest BCUT2D eigenvalue weighted by Gasteiger charge is -2.36. The fourth-order valence-electron chi connectivity index (χ4n) is 9.88. The third-order valence-electron chi connectivity index (χ3n) is 14.1. The van der Waals surface area contributed by atoms with E-state index in [1.165, 1.54) is 4.90 Å². The number of fused-ring (bicyclic) bond motifs is 4. The smallest absolute Gasteiger partial charge is 0.287 e. The second-order valence-corrected chi connectivity index (χ2v) is 22.1. The van der Waals surface area contributed by atoms with Crippen molar-refractivity contribution in [3.8, 4) is 21.2 Å². The zero-order valence-electron chi connectivity index (χ0n) is 41.4. The summed E-state index contributed by atoms with van der Waals surface area (Å²) in [6.07, 6.45) is 0.285. The van der Waals surface area contributed by atoms with E-state index in [0.29, 0.717) is 40.4 Å². The van der Waals surface area contributed by atoms with Crippen LogP contribution in [0.25, 0.3) is 26.4 Å². The molecule has 3 aliphatic rings. The monoisotopic (exact) mass is 1040 g/mol. The van der Waals surface area contributed by atoms with Gasteiger partial charge in [0.25, 0.3) is 5.91 Å². The summed E-state index contributed by atoms with van der Waals surface area (Å²) >= 11 is 9.50. The van der Waals surface area contributed by atoms with Gasteiger partial charge in [0.1, 0.15) is 46.4 Å². The Balaban J connectivity index is 0.745. The van der Waals surface area contributed by atoms with Gasteiger partial charge in [-0.3, -0.25) is 28.7 Å². The maximum absolute atomic E-state index is 14.2. The van der Waals surface area contributed by atoms with Crippen molar-refractivity contribution in [3.05, 3.63) is 134 Å². The number of thiazole rings is 1. The number of carbonyl (C=O) groups is 4. The lowest BCUT2D eigenvalue weighted by molar-refractivity contribution is -0.141. The summed E-state index contributed by atoms with van der Waals surface area (Å²) < 4.78 is 14.3. The first-order valence-electron chi connectivity index (χ1n) is 24.5. The van der Waals surface area contributed by atoms with Crippen LogP contribution in [0.4, 0.5) is 0 Å². The molecule has 6 heterocycles. The lowest BCUT2D eigenvalue weighted by atomic mass is 9.89. The zero-order chi connectivity index (χ0) is 51.4. The predicted molar refractivity (Wildman–Crippen MR) is 281 cm³/mol. The van der Waals surface area contributed by atoms with Crippen LogP contribution in [0.1, 0.15) is 114 Å². The number of hydrogen-bond donors (Lipinski definition) is 4. The molecule has 10 rings (SSSR count). The number of rotatable bonds is 14. The molecule has 0 bridgehead atoms. The number of nitrogens with zero attached hydrogens (tertiary/aromatic N) is 6. The molecule has 7 aromatic rings. The predicted octanol–water partition coefficient (Wildman–Crippen LogP) is 8.69. The number of amides is 4. The van der Waals surface area contributed by atoms with Crippen LogP contribution < -0.4 is 20.7 Å². The highest BCUT2D eigenvalue weighted by atomic mass is 35.5. The first-order chi connectivity index (χ1) is 35.0. The Hall–Kier alpha value is -6.73. The number of aryl methyl sites for hydroxylation is 3. The number of furan rings is 1. The van der Waals surface area contributed by atoms with Gasteiger partial charge in [0.05, 0.1) is 40.4 Å². The van der Waals surface area contributed by atoms with Gasteiger partial charge in [-0.1, -0.05) is 61.8 Å². The van der Waals surface area contributed by atoms with Gasteiger partial charge < -0.3 is 35.1 Å². The van der Waals surface area contributed by atoms with Gasteiger partial charge in [-0.15, -0.1) is 32.9 Å². The molecule has 378 valence electrons. The molecule has 5 atom stereocenters. The summed E-state index contributed by atoms with van der Waals surface area (Å²) in [5, 5.41) is 30.9. The first-order valence-corrected chi connectivity index (χ1v) is 26.5. The molecular formula is C54H56ClN9O7S2. The third-order valence-corrected chi connectivity index (χ3v) is 16.5. The third kappa shape index (κ3) is 10.0. The zero-order valence-corrected chi connectivity index (χ0v) is 43.8. The number of thiophene rings is 1. The average Bonchev–Trinajstić information content (AvgIpc) is 4.19. The number of likely N-dealkylation sites (tertiary alicyclic amines) is 1. The number of aromatic nitrogens is 4. The molecule has 1 aliphatic carbocycles. The van der Waals surface area contributed by atoms with Crippen molar-refractivity contribution in [1.29, 1.82) is 0 Å². The Labute approximate surface area is 435 Å². The highest BCUT2D eigenvalue weighted by Gasteiger charge is 2.43. The first kappa shape index (κ1) is 49.8. The minimum absolute atomic E-state index is 0.00526. The molecule has 4 aromatic heterocycles. The maximum Gasteiger partial charge on any atom is 0.287 e. The van der Waals surface area contributed by atoms with Gasteiger partial charge in [-0.2, -0.15) is 0 Å². The average molecular weight is 1040 g/mol. The van der Waals surface area contributed by atoms with E-state index in [1.807, 2.05) is 93.2 Å². The Morgan fingerprint density at radius 1 is 0.918 bits per heavy atom. The highest BCUT2D eigenvalue weighted by Crippen LogP contribution is 2.40. The number of carbonyl (C=O) groups excluding carboxylic acids is 4. The van der Waals surface area contributed by atoms with E-state index in [-0.39, 0.29) is 61.1 Å². The van der Waals surface area contributed by atoms with E-state index in [1.54, 1.807) is 46.9 Å². The lowest BCUT2D eigenvalue weighted by Crippen LogP contribution is -2.55. The maximum atomic E-state index is 14.2. The normalized spacial score (nSPS) is 20.1. The molecule has 1 saturated heterocycles. The van der Waals surface area contributed by atoms with Crippen molar-refractivity contribution in [2.45, 2.75) is 117 Å². The number of benzene rings is 3. The Bertz CT molecular complexity index is 3280. The van der Waals surface area contributed by atoms with E-state index >= 15 is 0 Å².